The summed E-state index contributed by atoms with van der Waals surface area (Å²) in [7, 11) is 0. The van der Waals surface area contributed by atoms with Crippen LogP contribution in [-0.4, -0.2) is 49.4 Å². The quantitative estimate of drug-likeness (QED) is 0.271. The molecule has 0 spiro atoms. The maximum atomic E-state index is 11.6. The van der Waals surface area contributed by atoms with E-state index >= 15 is 0 Å². The van der Waals surface area contributed by atoms with Crippen LogP contribution in [0.2, 0.25) is 0 Å². The minimum absolute atomic E-state index is 0.246. The van der Waals surface area contributed by atoms with Crippen molar-refractivity contribution in [3.63, 3.8) is 0 Å². The summed E-state index contributed by atoms with van der Waals surface area (Å²) >= 11 is 0. The lowest BCUT2D eigenvalue weighted by atomic mass is 9.95. The molecule has 3 aliphatic rings. The minimum atomic E-state index is -0.246. The number of nitrogens with one attached hydrogen (secondary N) is 1. The van der Waals surface area contributed by atoms with Crippen LogP contribution in [0.5, 0.6) is 0 Å². The first kappa shape index (κ1) is 23.1. The molecule has 7 heteroatoms. The Balaban J connectivity index is 0.000000382. The predicted octanol–water partition coefficient (Wildman–Crippen LogP) is 4.73. The molecule has 36 heavy (non-hydrogen) atoms. The second kappa shape index (κ2) is 10.3. The number of nitrogens with zero attached hydrogens (tertiary/aromatic N) is 5. The van der Waals surface area contributed by atoms with Crippen molar-refractivity contribution in [3.05, 3.63) is 90.3 Å². The largest absolute Gasteiger partial charge is 0.345 e. The number of tetrazole rings is 1. The summed E-state index contributed by atoms with van der Waals surface area (Å²) in [5, 5.41) is 14.4. The smallest absolute Gasteiger partial charge is 0.205 e. The summed E-state index contributed by atoms with van der Waals surface area (Å²) in [6.07, 6.45) is 9.22. The molecule has 0 bridgehead atoms. The number of aromatic nitrogens is 4. The zero-order chi connectivity index (χ0) is 24.9. The van der Waals surface area contributed by atoms with Crippen molar-refractivity contribution < 1.29 is 4.79 Å². The van der Waals surface area contributed by atoms with E-state index in [-0.39, 0.29) is 6.17 Å². The second-order valence-electron chi connectivity index (χ2n) is 8.63. The van der Waals surface area contributed by atoms with Crippen LogP contribution < -0.4 is 0 Å². The molecule has 0 amide bonds. The van der Waals surface area contributed by atoms with E-state index in [9.17, 15) is 4.79 Å². The van der Waals surface area contributed by atoms with Gasteiger partial charge in [-0.05, 0) is 39.5 Å². The van der Waals surface area contributed by atoms with E-state index in [4.69, 9.17) is 6.42 Å². The maximum Gasteiger partial charge on any atom is 0.205 e. The van der Waals surface area contributed by atoms with E-state index in [1.54, 1.807) is 0 Å². The van der Waals surface area contributed by atoms with Crippen molar-refractivity contribution in [2.45, 2.75) is 26.1 Å². The van der Waals surface area contributed by atoms with E-state index in [1.807, 2.05) is 40.3 Å². The van der Waals surface area contributed by atoms with Gasteiger partial charge in [-0.3, -0.25) is 4.79 Å². The summed E-state index contributed by atoms with van der Waals surface area (Å²) < 4.78 is 0. The molecule has 3 aromatic rings. The number of fused-ring (bicyclic) bond motifs is 1. The van der Waals surface area contributed by atoms with Gasteiger partial charge in [-0.2, -0.15) is 5.21 Å². The van der Waals surface area contributed by atoms with Gasteiger partial charge < -0.3 is 9.80 Å². The van der Waals surface area contributed by atoms with Crippen LogP contribution in [0.25, 0.3) is 33.6 Å². The summed E-state index contributed by atoms with van der Waals surface area (Å²) in [4.78, 5) is 15.6. The number of carbonyl (C=O) groups excluding carboxylic acids is 1. The number of allylic oxidation sites excluding steroid dienone is 1. The number of rotatable bonds is 7. The Labute approximate surface area is 210 Å². The van der Waals surface area contributed by atoms with Crippen LogP contribution in [0.4, 0.5) is 0 Å². The molecule has 0 saturated heterocycles. The van der Waals surface area contributed by atoms with Gasteiger partial charge in [-0.15, -0.1) is 16.6 Å². The molecule has 0 saturated carbocycles. The lowest BCUT2D eigenvalue weighted by Gasteiger charge is -2.29. The summed E-state index contributed by atoms with van der Waals surface area (Å²) in [6.45, 7) is 3.47. The van der Waals surface area contributed by atoms with Crippen molar-refractivity contribution in [2.75, 3.05) is 6.54 Å². The number of terminal acetylenes is 1. The fraction of sp³-hybridized carbons (Fsp3) is 0.172. The number of hydrogen-bond acceptors (Lipinski definition) is 6. The standard InChI is InChI=1S/C23H22N6O.C6H4/c1-3-13-28-15-19(16-30)29(22(28)4-2)14-17-9-11-18(12-10-17)20-7-5-6-8-21(20)23-24-26-27-25-23;1-2-6-4-3-5(1)6/h2,5-12,15-16,22H,3,13-14H2,1H3,(H,24,25,26,27);1-4H. The molecule has 1 atom stereocenters. The molecule has 1 aliphatic heterocycles. The maximum absolute atomic E-state index is 11.6. The van der Waals surface area contributed by atoms with Crippen LogP contribution in [0, 0.1) is 12.3 Å². The van der Waals surface area contributed by atoms with E-state index in [0.29, 0.717) is 18.1 Å². The van der Waals surface area contributed by atoms with Gasteiger partial charge in [0, 0.05) is 24.9 Å². The molecular weight excluding hydrogens is 448 g/mol. The Morgan fingerprint density at radius 3 is 2.17 bits per heavy atom. The first-order valence-corrected chi connectivity index (χ1v) is 11.9. The number of carbonyl (C=O) groups is 1. The van der Waals surface area contributed by atoms with Gasteiger partial charge in [0.2, 0.25) is 5.82 Å². The molecule has 2 aliphatic carbocycles. The van der Waals surface area contributed by atoms with Gasteiger partial charge in [0.1, 0.15) is 0 Å². The molecule has 1 N–H and O–H groups in total. The van der Waals surface area contributed by atoms with Crippen LogP contribution in [0.1, 0.15) is 18.9 Å². The van der Waals surface area contributed by atoms with Gasteiger partial charge in [0.25, 0.3) is 0 Å². The normalized spacial score (nSPS) is 15.0. The van der Waals surface area contributed by atoms with Crippen LogP contribution in [-0.2, 0) is 11.3 Å². The molecule has 1 unspecified atom stereocenters. The van der Waals surface area contributed by atoms with Gasteiger partial charge in [0.15, 0.2) is 12.5 Å². The van der Waals surface area contributed by atoms with E-state index in [1.165, 1.54) is 11.1 Å². The van der Waals surface area contributed by atoms with Gasteiger partial charge >= 0.3 is 0 Å². The van der Waals surface area contributed by atoms with Gasteiger partial charge in [-0.1, -0.05) is 85.6 Å². The molecule has 0 fully saturated rings. The van der Waals surface area contributed by atoms with Gasteiger partial charge in [-0.25, -0.2) is 0 Å². The summed E-state index contributed by atoms with van der Waals surface area (Å²) in [5.74, 6) is 3.37. The van der Waals surface area contributed by atoms with Crippen molar-refractivity contribution in [2.24, 2.45) is 0 Å². The summed E-state index contributed by atoms with van der Waals surface area (Å²) in [5.41, 5.74) is 7.51. The van der Waals surface area contributed by atoms with Crippen LogP contribution in [0.15, 0.2) is 84.7 Å². The van der Waals surface area contributed by atoms with Crippen molar-refractivity contribution >= 4 is 6.29 Å². The third-order valence-electron chi connectivity index (χ3n) is 6.34. The molecular formula is C29H26N6O. The Kier molecular flexibility index (Phi) is 6.59. The van der Waals surface area contributed by atoms with Crippen molar-refractivity contribution in [1.29, 1.82) is 0 Å². The lowest BCUT2D eigenvalue weighted by molar-refractivity contribution is -0.106. The Morgan fingerprint density at radius 1 is 0.972 bits per heavy atom. The fourth-order valence-electron chi connectivity index (χ4n) is 4.40. The molecule has 178 valence electrons. The highest BCUT2D eigenvalue weighted by Gasteiger charge is 2.29. The Hall–Kier alpha value is -4.70. The highest BCUT2D eigenvalue weighted by molar-refractivity contribution is 5.80. The number of benzene rings is 3. The number of H-pyrrole nitrogens is 1. The molecule has 0 radical (unpaired) electrons. The summed E-state index contributed by atoms with van der Waals surface area (Å²) in [6, 6.07) is 24.7. The van der Waals surface area contributed by atoms with Gasteiger partial charge in [0.05, 0.1) is 5.70 Å². The average Bonchev–Trinajstić information content (AvgIpc) is 3.55. The Bertz CT molecular complexity index is 1380. The minimum Gasteiger partial charge on any atom is -0.345 e. The van der Waals surface area contributed by atoms with Crippen molar-refractivity contribution in [3.8, 4) is 46.0 Å². The average molecular weight is 475 g/mol. The topological polar surface area (TPSA) is 78.0 Å². The lowest BCUT2D eigenvalue weighted by Crippen LogP contribution is -2.38. The number of hydrogen-bond donors (Lipinski definition) is 1. The number of aldehydes is 1. The zero-order valence-electron chi connectivity index (χ0n) is 20.0. The van der Waals surface area contributed by atoms with Crippen LogP contribution in [0.3, 0.4) is 0 Å². The van der Waals surface area contributed by atoms with Crippen LogP contribution >= 0.6 is 0 Å². The molecule has 2 heterocycles. The highest BCUT2D eigenvalue weighted by Crippen LogP contribution is 2.31. The van der Waals surface area contributed by atoms with E-state index < -0.39 is 0 Å². The first-order valence-electron chi connectivity index (χ1n) is 11.9. The Morgan fingerprint density at radius 2 is 1.64 bits per heavy atom. The zero-order valence-corrected chi connectivity index (χ0v) is 20.0. The second-order valence-corrected chi connectivity index (χ2v) is 8.63. The van der Waals surface area contributed by atoms with Crippen molar-refractivity contribution in [1.82, 2.24) is 30.4 Å². The molecule has 1 aromatic heterocycles. The monoisotopic (exact) mass is 474 g/mol. The molecule has 2 aromatic carbocycles. The number of aromatic amines is 1. The third kappa shape index (κ3) is 4.49. The predicted molar refractivity (Wildman–Crippen MR) is 140 cm³/mol. The SMILES string of the molecule is C#CC1N(CCC)C=C(C=O)N1Cc1ccc(-c2ccccc2-c2nn[nH]n2)cc1.c1cc2ccc1-2. The first-order chi connectivity index (χ1) is 17.7. The molecule has 7 nitrogen and oxygen atoms in total. The fourth-order valence-corrected chi connectivity index (χ4v) is 4.40. The van der Waals surface area contributed by atoms with E-state index in [2.05, 4.69) is 82.0 Å². The van der Waals surface area contributed by atoms with E-state index in [0.717, 1.165) is 41.5 Å². The molecule has 6 rings (SSSR count). The highest BCUT2D eigenvalue weighted by atomic mass is 16.1. The third-order valence-corrected chi connectivity index (χ3v) is 6.34.